The van der Waals surface area contributed by atoms with Gasteiger partial charge in [0.05, 0.1) is 7.11 Å². The van der Waals surface area contributed by atoms with Gasteiger partial charge >= 0.3 is 0 Å². The van der Waals surface area contributed by atoms with Crippen molar-refractivity contribution in [1.29, 1.82) is 0 Å². The van der Waals surface area contributed by atoms with Crippen LogP contribution in [0.4, 0.5) is 11.8 Å². The number of carbonyl (C=O) groups excluding carboxylic acids is 1. The number of carbonyl (C=O) groups is 1. The Kier molecular flexibility index (Phi) is 6.47. The number of benzene rings is 1. The van der Waals surface area contributed by atoms with Crippen molar-refractivity contribution >= 4 is 23.7 Å². The average Bonchev–Trinajstić information content (AvgIpc) is 2.72. The molecule has 28 heavy (non-hydrogen) atoms. The molecule has 7 nitrogen and oxygen atoms in total. The van der Waals surface area contributed by atoms with Crippen molar-refractivity contribution in [3.8, 4) is 5.75 Å². The Morgan fingerprint density at radius 3 is 2.54 bits per heavy atom. The molecule has 2 aromatic rings. The standard InChI is InChI=1S/C21H27N5O2/c1-4-22-21-23-16(2)15-19(24-21)25-11-13-26(14-12-25)20(27)10-7-17-5-8-18(28-3)9-6-17/h5-10,15H,4,11-14H2,1-3H3,(H,22,23,24)/b10-7+. The zero-order valence-corrected chi connectivity index (χ0v) is 16.7. The van der Waals surface area contributed by atoms with Crippen molar-refractivity contribution in [1.82, 2.24) is 14.9 Å². The molecule has 0 spiro atoms. The highest BCUT2D eigenvalue weighted by molar-refractivity contribution is 5.92. The zero-order valence-electron chi connectivity index (χ0n) is 16.7. The first-order valence-corrected chi connectivity index (χ1v) is 9.54. The van der Waals surface area contributed by atoms with Gasteiger partial charge in [0.25, 0.3) is 0 Å². The highest BCUT2D eigenvalue weighted by atomic mass is 16.5. The Morgan fingerprint density at radius 1 is 1.18 bits per heavy atom. The maximum absolute atomic E-state index is 12.5. The first-order chi connectivity index (χ1) is 13.6. The fourth-order valence-electron chi connectivity index (χ4n) is 3.09. The second-order valence-electron chi connectivity index (χ2n) is 6.64. The molecule has 0 saturated carbocycles. The number of amides is 1. The van der Waals surface area contributed by atoms with Gasteiger partial charge < -0.3 is 19.9 Å². The molecule has 1 aromatic heterocycles. The number of aryl methyl sites for hydroxylation is 1. The smallest absolute Gasteiger partial charge is 0.246 e. The second-order valence-corrected chi connectivity index (χ2v) is 6.64. The number of rotatable bonds is 6. The second kappa shape index (κ2) is 9.21. The lowest BCUT2D eigenvalue weighted by Gasteiger charge is -2.35. The number of hydrogen-bond donors (Lipinski definition) is 1. The number of ether oxygens (including phenoxy) is 1. The Bertz CT molecular complexity index is 827. The van der Waals surface area contributed by atoms with Gasteiger partial charge in [0, 0.05) is 50.6 Å². The summed E-state index contributed by atoms with van der Waals surface area (Å²) < 4.78 is 5.15. The third-order valence-corrected chi connectivity index (χ3v) is 4.63. The summed E-state index contributed by atoms with van der Waals surface area (Å²) in [6.07, 6.45) is 3.47. The van der Waals surface area contributed by atoms with E-state index in [0.29, 0.717) is 19.0 Å². The van der Waals surface area contributed by atoms with E-state index in [0.717, 1.165) is 42.5 Å². The summed E-state index contributed by atoms with van der Waals surface area (Å²) in [4.78, 5) is 25.5. The SMILES string of the molecule is CCNc1nc(C)cc(N2CCN(C(=O)/C=C/c3ccc(OC)cc3)CC2)n1. The van der Waals surface area contributed by atoms with Gasteiger partial charge in [0.1, 0.15) is 11.6 Å². The molecule has 148 valence electrons. The quantitative estimate of drug-likeness (QED) is 0.776. The monoisotopic (exact) mass is 381 g/mol. The van der Waals surface area contributed by atoms with Crippen LogP contribution < -0.4 is 15.0 Å². The predicted octanol–water partition coefficient (Wildman–Crippen LogP) is 2.59. The van der Waals surface area contributed by atoms with Gasteiger partial charge in [-0.15, -0.1) is 0 Å². The fraction of sp³-hybridized carbons (Fsp3) is 0.381. The minimum absolute atomic E-state index is 0.0303. The van der Waals surface area contributed by atoms with Crippen molar-refractivity contribution in [3.63, 3.8) is 0 Å². The van der Waals surface area contributed by atoms with E-state index >= 15 is 0 Å². The molecule has 7 heteroatoms. The lowest BCUT2D eigenvalue weighted by molar-refractivity contribution is -0.126. The van der Waals surface area contributed by atoms with E-state index in [1.165, 1.54) is 0 Å². The van der Waals surface area contributed by atoms with Gasteiger partial charge in [-0.05, 0) is 37.6 Å². The largest absolute Gasteiger partial charge is 0.497 e. The third-order valence-electron chi connectivity index (χ3n) is 4.63. The molecule has 1 fully saturated rings. The van der Waals surface area contributed by atoms with Crippen LogP contribution in [-0.2, 0) is 4.79 Å². The molecule has 0 unspecified atom stereocenters. The van der Waals surface area contributed by atoms with Crippen LogP contribution >= 0.6 is 0 Å². The van der Waals surface area contributed by atoms with E-state index < -0.39 is 0 Å². The van der Waals surface area contributed by atoms with E-state index in [1.807, 2.05) is 55.2 Å². The van der Waals surface area contributed by atoms with Crippen LogP contribution in [0.2, 0.25) is 0 Å². The van der Waals surface area contributed by atoms with Crippen LogP contribution in [0.25, 0.3) is 6.08 Å². The Balaban J connectivity index is 1.57. The Morgan fingerprint density at radius 2 is 1.89 bits per heavy atom. The molecule has 1 saturated heterocycles. The van der Waals surface area contributed by atoms with E-state index in [9.17, 15) is 4.79 Å². The Hall–Kier alpha value is -3.09. The summed E-state index contributed by atoms with van der Waals surface area (Å²) in [5.74, 6) is 2.39. The molecular formula is C21H27N5O2. The van der Waals surface area contributed by atoms with Crippen LogP contribution in [0.5, 0.6) is 5.75 Å². The van der Waals surface area contributed by atoms with Crippen molar-refractivity contribution in [2.75, 3.05) is 50.1 Å². The van der Waals surface area contributed by atoms with Crippen molar-refractivity contribution in [3.05, 3.63) is 47.7 Å². The summed E-state index contributed by atoms with van der Waals surface area (Å²) >= 11 is 0. The summed E-state index contributed by atoms with van der Waals surface area (Å²) in [5, 5.41) is 3.16. The molecule has 1 aliphatic rings. The van der Waals surface area contributed by atoms with Crippen LogP contribution in [0.15, 0.2) is 36.4 Å². The molecule has 0 bridgehead atoms. The van der Waals surface area contributed by atoms with E-state index in [1.54, 1.807) is 13.2 Å². The average molecular weight is 381 g/mol. The van der Waals surface area contributed by atoms with Crippen LogP contribution in [0, 0.1) is 6.92 Å². The number of anilines is 2. The molecule has 0 aliphatic carbocycles. The van der Waals surface area contributed by atoms with E-state index in [-0.39, 0.29) is 5.91 Å². The maximum atomic E-state index is 12.5. The van der Waals surface area contributed by atoms with Crippen molar-refractivity contribution in [2.24, 2.45) is 0 Å². The highest BCUT2D eigenvalue weighted by Crippen LogP contribution is 2.17. The molecule has 3 rings (SSSR count). The van der Waals surface area contributed by atoms with Gasteiger partial charge in [-0.3, -0.25) is 4.79 Å². The molecule has 0 atom stereocenters. The molecule has 1 aliphatic heterocycles. The fourth-order valence-corrected chi connectivity index (χ4v) is 3.09. The number of nitrogens with one attached hydrogen (secondary N) is 1. The zero-order chi connectivity index (χ0) is 19.9. The Labute approximate surface area is 166 Å². The molecular weight excluding hydrogens is 354 g/mol. The molecule has 1 amide bonds. The topological polar surface area (TPSA) is 70.6 Å². The van der Waals surface area contributed by atoms with Gasteiger partial charge in [-0.2, -0.15) is 4.98 Å². The van der Waals surface area contributed by atoms with Gasteiger partial charge in [-0.25, -0.2) is 4.98 Å². The third kappa shape index (κ3) is 5.00. The van der Waals surface area contributed by atoms with Crippen LogP contribution in [-0.4, -0.2) is 60.6 Å². The normalized spacial score (nSPS) is 14.4. The van der Waals surface area contributed by atoms with E-state index in [4.69, 9.17) is 4.74 Å². The first-order valence-electron chi connectivity index (χ1n) is 9.54. The molecule has 2 heterocycles. The lowest BCUT2D eigenvalue weighted by Crippen LogP contribution is -2.48. The van der Waals surface area contributed by atoms with E-state index in [2.05, 4.69) is 20.2 Å². The summed E-state index contributed by atoms with van der Waals surface area (Å²) in [5.41, 5.74) is 1.90. The van der Waals surface area contributed by atoms with Crippen LogP contribution in [0.1, 0.15) is 18.2 Å². The molecule has 0 radical (unpaired) electrons. The van der Waals surface area contributed by atoms with Crippen LogP contribution in [0.3, 0.4) is 0 Å². The van der Waals surface area contributed by atoms with Gasteiger partial charge in [0.15, 0.2) is 0 Å². The summed E-state index contributed by atoms with van der Waals surface area (Å²) in [7, 11) is 1.64. The number of aromatic nitrogens is 2. The molecule has 1 N–H and O–H groups in total. The maximum Gasteiger partial charge on any atom is 0.246 e. The number of nitrogens with zero attached hydrogens (tertiary/aromatic N) is 4. The minimum atomic E-state index is 0.0303. The van der Waals surface area contributed by atoms with Crippen molar-refractivity contribution < 1.29 is 9.53 Å². The van der Waals surface area contributed by atoms with Gasteiger partial charge in [-0.1, -0.05) is 12.1 Å². The predicted molar refractivity (Wildman–Crippen MR) is 112 cm³/mol. The molecule has 1 aromatic carbocycles. The lowest BCUT2D eigenvalue weighted by atomic mass is 10.2. The number of hydrogen-bond acceptors (Lipinski definition) is 6. The summed E-state index contributed by atoms with van der Waals surface area (Å²) in [6.45, 7) is 7.63. The highest BCUT2D eigenvalue weighted by Gasteiger charge is 2.21. The first kappa shape index (κ1) is 19.7. The minimum Gasteiger partial charge on any atom is -0.497 e. The summed E-state index contributed by atoms with van der Waals surface area (Å²) in [6, 6.07) is 9.62. The van der Waals surface area contributed by atoms with Gasteiger partial charge in [0.2, 0.25) is 11.9 Å². The van der Waals surface area contributed by atoms with Crippen molar-refractivity contribution in [2.45, 2.75) is 13.8 Å². The number of piperazine rings is 1. The number of methoxy groups -OCH3 is 1.